The van der Waals surface area contributed by atoms with Gasteiger partial charge in [-0.3, -0.25) is 0 Å². The topological polar surface area (TPSA) is 118 Å². The molecular formula is C22H27N3O5S2. The average molecular weight is 478 g/mol. The predicted molar refractivity (Wildman–Crippen MR) is 124 cm³/mol. The molecule has 1 atom stereocenters. The smallest absolute Gasteiger partial charge is 0.241 e. The van der Waals surface area contributed by atoms with Crippen molar-refractivity contribution < 1.29 is 21.6 Å². The SMILES string of the molecule is CCC(NS(=O)(=O)c1ccc(OCCS(=O)(=O)CC)cc1)c1ncc(-c2ccccc2)[nH]1. The number of benzene rings is 2. The lowest BCUT2D eigenvalue weighted by atomic mass is 10.2. The second kappa shape index (κ2) is 10.3. The first-order valence-corrected chi connectivity index (χ1v) is 13.6. The first-order chi connectivity index (χ1) is 15.2. The van der Waals surface area contributed by atoms with Gasteiger partial charge in [-0.2, -0.15) is 0 Å². The Bertz CT molecular complexity index is 1220. The third-order valence-electron chi connectivity index (χ3n) is 4.95. The van der Waals surface area contributed by atoms with E-state index in [9.17, 15) is 16.8 Å². The molecule has 1 aromatic heterocycles. The van der Waals surface area contributed by atoms with Crippen molar-refractivity contribution >= 4 is 19.9 Å². The van der Waals surface area contributed by atoms with E-state index in [-0.39, 0.29) is 23.0 Å². The monoisotopic (exact) mass is 477 g/mol. The lowest BCUT2D eigenvalue weighted by Crippen LogP contribution is -2.29. The van der Waals surface area contributed by atoms with Crippen LogP contribution in [0.5, 0.6) is 5.75 Å². The molecule has 1 heterocycles. The van der Waals surface area contributed by atoms with Crippen molar-refractivity contribution in [3.8, 4) is 17.0 Å². The van der Waals surface area contributed by atoms with Gasteiger partial charge in [-0.25, -0.2) is 26.5 Å². The Morgan fingerprint density at radius 3 is 2.31 bits per heavy atom. The highest BCUT2D eigenvalue weighted by molar-refractivity contribution is 7.91. The van der Waals surface area contributed by atoms with Crippen LogP contribution in [0.4, 0.5) is 0 Å². The van der Waals surface area contributed by atoms with Crippen molar-refractivity contribution in [2.45, 2.75) is 31.2 Å². The number of rotatable bonds is 11. The fourth-order valence-electron chi connectivity index (χ4n) is 3.01. The average Bonchev–Trinajstić information content (AvgIpc) is 3.28. The van der Waals surface area contributed by atoms with Crippen molar-refractivity contribution in [3.63, 3.8) is 0 Å². The molecule has 2 N–H and O–H groups in total. The van der Waals surface area contributed by atoms with Crippen molar-refractivity contribution in [2.24, 2.45) is 0 Å². The van der Waals surface area contributed by atoms with Gasteiger partial charge in [0, 0.05) is 5.75 Å². The predicted octanol–water partition coefficient (Wildman–Crippen LogP) is 3.32. The molecule has 3 aromatic rings. The van der Waals surface area contributed by atoms with E-state index in [1.165, 1.54) is 24.3 Å². The van der Waals surface area contributed by atoms with Crippen LogP contribution in [-0.2, 0) is 19.9 Å². The van der Waals surface area contributed by atoms with Gasteiger partial charge in [0.25, 0.3) is 0 Å². The second-order valence-electron chi connectivity index (χ2n) is 7.19. The quantitative estimate of drug-likeness (QED) is 0.437. The molecule has 10 heteroatoms. The molecule has 172 valence electrons. The number of nitrogens with one attached hydrogen (secondary N) is 2. The van der Waals surface area contributed by atoms with Gasteiger partial charge in [0.15, 0.2) is 9.84 Å². The Morgan fingerprint density at radius 2 is 1.69 bits per heavy atom. The Morgan fingerprint density at radius 1 is 1.00 bits per heavy atom. The van der Waals surface area contributed by atoms with E-state index in [0.29, 0.717) is 18.0 Å². The summed E-state index contributed by atoms with van der Waals surface area (Å²) in [5.41, 5.74) is 1.77. The van der Waals surface area contributed by atoms with Crippen LogP contribution in [0.25, 0.3) is 11.3 Å². The van der Waals surface area contributed by atoms with Crippen molar-refractivity contribution in [3.05, 3.63) is 66.6 Å². The molecule has 0 bridgehead atoms. The molecule has 0 saturated heterocycles. The summed E-state index contributed by atoms with van der Waals surface area (Å²) in [6.07, 6.45) is 2.20. The summed E-state index contributed by atoms with van der Waals surface area (Å²) in [5, 5.41) is 0. The zero-order chi connectivity index (χ0) is 23.2. The van der Waals surface area contributed by atoms with Crippen molar-refractivity contribution in [1.29, 1.82) is 0 Å². The Balaban J connectivity index is 1.67. The number of sulfone groups is 1. The highest BCUT2D eigenvalue weighted by Gasteiger charge is 2.22. The molecule has 0 aliphatic heterocycles. The molecule has 2 aromatic carbocycles. The summed E-state index contributed by atoms with van der Waals surface area (Å²) in [5.74, 6) is 0.908. The standard InChI is InChI=1S/C22H27N3O5S2/c1-3-20(22-23-16-21(24-22)17-8-6-5-7-9-17)25-32(28,29)19-12-10-18(11-13-19)30-14-15-31(26,27)4-2/h5-13,16,20,25H,3-4,14-15H2,1-2H3,(H,23,24). The summed E-state index contributed by atoms with van der Waals surface area (Å²) in [6, 6.07) is 15.0. The maximum absolute atomic E-state index is 12.9. The van der Waals surface area contributed by atoms with E-state index in [1.54, 1.807) is 13.1 Å². The van der Waals surface area contributed by atoms with Crippen LogP contribution < -0.4 is 9.46 Å². The minimum absolute atomic E-state index is 0.0146. The van der Waals surface area contributed by atoms with Crippen molar-refractivity contribution in [2.75, 3.05) is 18.1 Å². The summed E-state index contributed by atoms with van der Waals surface area (Å²) >= 11 is 0. The number of hydrogen-bond acceptors (Lipinski definition) is 6. The van der Waals surface area contributed by atoms with Gasteiger partial charge in [-0.15, -0.1) is 0 Å². The molecule has 0 aliphatic carbocycles. The summed E-state index contributed by atoms with van der Waals surface area (Å²) < 4.78 is 56.9. The van der Waals surface area contributed by atoms with E-state index in [0.717, 1.165) is 11.3 Å². The van der Waals surface area contributed by atoms with E-state index in [2.05, 4.69) is 14.7 Å². The maximum Gasteiger partial charge on any atom is 0.241 e. The van der Waals surface area contributed by atoms with Gasteiger partial charge in [0.2, 0.25) is 10.0 Å². The lowest BCUT2D eigenvalue weighted by Gasteiger charge is -2.15. The summed E-state index contributed by atoms with van der Waals surface area (Å²) in [4.78, 5) is 7.64. The molecular weight excluding hydrogens is 450 g/mol. The Hall–Kier alpha value is -2.69. The number of aromatic nitrogens is 2. The van der Waals surface area contributed by atoms with Gasteiger partial charge >= 0.3 is 0 Å². The van der Waals surface area contributed by atoms with E-state index in [4.69, 9.17) is 4.74 Å². The van der Waals surface area contributed by atoms with Crippen LogP contribution >= 0.6 is 0 Å². The van der Waals surface area contributed by atoms with Crippen LogP contribution in [0.2, 0.25) is 0 Å². The second-order valence-corrected chi connectivity index (χ2v) is 11.4. The molecule has 0 amide bonds. The Kier molecular flexibility index (Phi) is 7.70. The first kappa shape index (κ1) is 24.0. The van der Waals surface area contributed by atoms with Crippen LogP contribution in [0.1, 0.15) is 32.1 Å². The summed E-state index contributed by atoms with van der Waals surface area (Å²) in [6.45, 7) is 3.47. The largest absolute Gasteiger partial charge is 0.493 e. The fourth-order valence-corrected chi connectivity index (χ4v) is 4.92. The van der Waals surface area contributed by atoms with Crippen LogP contribution in [0.15, 0.2) is 65.7 Å². The van der Waals surface area contributed by atoms with Gasteiger partial charge in [-0.1, -0.05) is 44.2 Å². The highest BCUT2D eigenvalue weighted by atomic mass is 32.2. The number of H-pyrrole nitrogens is 1. The zero-order valence-electron chi connectivity index (χ0n) is 18.0. The molecule has 8 nitrogen and oxygen atoms in total. The van der Waals surface area contributed by atoms with Gasteiger partial charge in [0.05, 0.1) is 28.6 Å². The number of hydrogen-bond donors (Lipinski definition) is 2. The third-order valence-corrected chi connectivity index (χ3v) is 8.11. The highest BCUT2D eigenvalue weighted by Crippen LogP contribution is 2.23. The molecule has 0 fully saturated rings. The Labute approximate surface area is 189 Å². The molecule has 0 spiro atoms. The number of ether oxygens (including phenoxy) is 1. The molecule has 0 radical (unpaired) electrons. The molecule has 0 aliphatic rings. The van der Waals surface area contributed by atoms with Crippen LogP contribution in [-0.4, -0.2) is 44.9 Å². The van der Waals surface area contributed by atoms with E-state index < -0.39 is 25.9 Å². The minimum atomic E-state index is -3.80. The number of nitrogens with zero attached hydrogens (tertiary/aromatic N) is 1. The van der Waals surface area contributed by atoms with Gasteiger partial charge in [-0.05, 0) is 36.2 Å². The molecule has 32 heavy (non-hydrogen) atoms. The normalized spacial score (nSPS) is 13.1. The van der Waals surface area contributed by atoms with Gasteiger partial charge < -0.3 is 9.72 Å². The van der Waals surface area contributed by atoms with E-state index in [1.807, 2.05) is 37.3 Å². The van der Waals surface area contributed by atoms with Gasteiger partial charge in [0.1, 0.15) is 18.2 Å². The zero-order valence-corrected chi connectivity index (χ0v) is 19.6. The number of imidazole rings is 1. The number of sulfonamides is 1. The third kappa shape index (κ3) is 6.18. The molecule has 0 saturated carbocycles. The molecule has 1 unspecified atom stereocenters. The maximum atomic E-state index is 12.9. The van der Waals surface area contributed by atoms with Crippen LogP contribution in [0, 0.1) is 0 Å². The van der Waals surface area contributed by atoms with Crippen LogP contribution in [0.3, 0.4) is 0 Å². The number of aromatic amines is 1. The minimum Gasteiger partial charge on any atom is -0.493 e. The molecule has 3 rings (SSSR count). The van der Waals surface area contributed by atoms with Crippen molar-refractivity contribution in [1.82, 2.24) is 14.7 Å². The fraction of sp³-hybridized carbons (Fsp3) is 0.318. The first-order valence-electron chi connectivity index (χ1n) is 10.3. The summed E-state index contributed by atoms with van der Waals surface area (Å²) in [7, 11) is -6.92. The van der Waals surface area contributed by atoms with E-state index >= 15 is 0 Å². The lowest BCUT2D eigenvalue weighted by molar-refractivity contribution is 0.340.